The Morgan fingerprint density at radius 3 is 1.64 bits per heavy atom. The van der Waals surface area contributed by atoms with E-state index in [1.165, 1.54) is 70.6 Å². The van der Waals surface area contributed by atoms with Gasteiger partial charge in [-0.05, 0) is 6.42 Å². The summed E-state index contributed by atoms with van der Waals surface area (Å²) in [5.41, 5.74) is 4.99. The largest absolute Gasteiger partial charge is 0.480 e. The molecule has 0 saturated heterocycles. The summed E-state index contributed by atoms with van der Waals surface area (Å²) in [5.74, 6) is -2.32. The second kappa shape index (κ2) is 18.8. The molecule has 0 heterocycles. The van der Waals surface area contributed by atoms with Crippen LogP contribution in [0.4, 0.5) is 0 Å². The molecule has 0 radical (unpaired) electrons. The van der Waals surface area contributed by atoms with Crippen LogP contribution in [-0.4, -0.2) is 28.9 Å². The number of primary amides is 1. The molecule has 0 saturated carbocycles. The van der Waals surface area contributed by atoms with E-state index in [9.17, 15) is 14.4 Å². The summed E-state index contributed by atoms with van der Waals surface area (Å²) < 4.78 is 7.10. The van der Waals surface area contributed by atoms with Crippen molar-refractivity contribution in [2.75, 3.05) is 0 Å². The molecule has 0 aromatic rings. The lowest BCUT2D eigenvalue weighted by Gasteiger charge is -2.12. The first-order valence-corrected chi connectivity index (χ1v) is 11.1. The number of nitrogens with two attached hydrogens (primary N) is 1. The van der Waals surface area contributed by atoms with Crippen molar-refractivity contribution in [3.8, 4) is 0 Å². The summed E-state index contributed by atoms with van der Waals surface area (Å²) in [7, 11) is 0. The SMILES string of the molecule is [2H]CCCCCCCCCCCCCCCCCC(=O)N[C@@H](CC(N)=O)C(=O)O. The molecule has 6 nitrogen and oxygen atoms in total. The molecule has 0 bridgehead atoms. The Kier molecular flexibility index (Phi) is 16.4. The molecule has 0 aliphatic heterocycles. The van der Waals surface area contributed by atoms with E-state index in [0.717, 1.165) is 25.7 Å². The highest BCUT2D eigenvalue weighted by atomic mass is 16.4. The van der Waals surface area contributed by atoms with Gasteiger partial charge in [0, 0.05) is 7.79 Å². The lowest BCUT2D eigenvalue weighted by atomic mass is 10.0. The fourth-order valence-corrected chi connectivity index (χ4v) is 3.25. The summed E-state index contributed by atoms with van der Waals surface area (Å²) in [5, 5.41) is 11.3. The summed E-state index contributed by atoms with van der Waals surface area (Å²) in [6, 6.07) is -1.23. The van der Waals surface area contributed by atoms with E-state index in [1.54, 1.807) is 0 Å². The van der Waals surface area contributed by atoms with Gasteiger partial charge in [0.05, 0.1) is 6.42 Å². The summed E-state index contributed by atoms with van der Waals surface area (Å²) >= 11 is 0. The number of unbranched alkanes of at least 4 members (excludes halogenated alkanes) is 14. The van der Waals surface area contributed by atoms with Crippen molar-refractivity contribution in [3.05, 3.63) is 0 Å². The van der Waals surface area contributed by atoms with E-state index >= 15 is 0 Å². The number of carboxylic acids is 1. The fourth-order valence-electron chi connectivity index (χ4n) is 3.25. The molecule has 28 heavy (non-hydrogen) atoms. The molecule has 1 atom stereocenters. The number of carboxylic acid groups (broad SMARTS) is 1. The average molecular weight is 400 g/mol. The Hall–Kier alpha value is -1.59. The summed E-state index contributed by atoms with van der Waals surface area (Å²) in [4.78, 5) is 33.5. The van der Waals surface area contributed by atoms with Crippen LogP contribution in [0.3, 0.4) is 0 Å². The minimum absolute atomic E-state index is 0.283. The van der Waals surface area contributed by atoms with Crippen LogP contribution in [0.2, 0.25) is 0 Å². The van der Waals surface area contributed by atoms with E-state index in [0.29, 0.717) is 6.90 Å². The van der Waals surface area contributed by atoms with Crippen LogP contribution in [-0.2, 0) is 14.4 Å². The molecule has 0 fully saturated rings. The first kappa shape index (κ1) is 24.4. The summed E-state index contributed by atoms with van der Waals surface area (Å²) in [6.07, 6.45) is 17.9. The highest BCUT2D eigenvalue weighted by molar-refractivity contribution is 5.88. The second-order valence-electron chi connectivity index (χ2n) is 7.68. The van der Waals surface area contributed by atoms with Gasteiger partial charge in [-0.1, -0.05) is 96.8 Å². The van der Waals surface area contributed by atoms with Crippen LogP contribution >= 0.6 is 0 Å². The molecule has 0 rings (SSSR count). The van der Waals surface area contributed by atoms with E-state index in [-0.39, 0.29) is 18.7 Å². The number of aliphatic carboxylic acids is 1. The van der Waals surface area contributed by atoms with Crippen LogP contribution in [0.1, 0.15) is 117 Å². The summed E-state index contributed by atoms with van der Waals surface area (Å²) in [6.45, 7) is 0.570. The van der Waals surface area contributed by atoms with Crippen molar-refractivity contribution in [3.63, 3.8) is 0 Å². The Morgan fingerprint density at radius 1 is 0.821 bits per heavy atom. The van der Waals surface area contributed by atoms with Gasteiger partial charge in [-0.15, -0.1) is 0 Å². The standard InChI is InChI=1S/C22H42N2O4/c1-2-3-4-5-6-7-8-9-10-11-12-13-14-15-16-17-21(26)24-19(22(27)28)18-20(23)25/h19H,2-18H2,1H3,(H2,23,25)(H,24,26)(H,27,28)/t19-/m0/s1/i1D. The lowest BCUT2D eigenvalue weighted by molar-refractivity contribution is -0.143. The normalized spacial score (nSPS) is 12.4. The maximum absolute atomic E-state index is 11.8. The van der Waals surface area contributed by atoms with Crippen LogP contribution in [0.25, 0.3) is 0 Å². The van der Waals surface area contributed by atoms with Crippen molar-refractivity contribution >= 4 is 17.8 Å². The monoisotopic (exact) mass is 399 g/mol. The van der Waals surface area contributed by atoms with E-state index in [1.807, 2.05) is 0 Å². The smallest absolute Gasteiger partial charge is 0.326 e. The first-order chi connectivity index (χ1) is 14.0. The van der Waals surface area contributed by atoms with Crippen LogP contribution < -0.4 is 11.1 Å². The molecule has 0 aromatic heterocycles. The van der Waals surface area contributed by atoms with Gasteiger partial charge in [-0.25, -0.2) is 4.79 Å². The molecule has 0 aromatic carbocycles. The van der Waals surface area contributed by atoms with Crippen molar-refractivity contribution in [1.82, 2.24) is 5.32 Å². The molecular weight excluding hydrogens is 356 g/mol. The van der Waals surface area contributed by atoms with Gasteiger partial charge in [0.15, 0.2) is 0 Å². The van der Waals surface area contributed by atoms with E-state index < -0.39 is 17.9 Å². The molecule has 0 aliphatic rings. The minimum atomic E-state index is -1.24. The zero-order valence-electron chi connectivity index (χ0n) is 18.6. The molecule has 0 aliphatic carbocycles. The number of carbonyl (C=O) groups excluding carboxylic acids is 2. The Labute approximate surface area is 172 Å². The fraction of sp³-hybridized carbons (Fsp3) is 0.864. The van der Waals surface area contributed by atoms with Crippen molar-refractivity contribution in [2.24, 2.45) is 5.73 Å². The second-order valence-corrected chi connectivity index (χ2v) is 7.68. The maximum Gasteiger partial charge on any atom is 0.326 e. The van der Waals surface area contributed by atoms with Gasteiger partial charge in [-0.3, -0.25) is 9.59 Å². The molecule has 2 amide bonds. The third-order valence-corrected chi connectivity index (χ3v) is 4.94. The molecule has 164 valence electrons. The number of hydrogen-bond acceptors (Lipinski definition) is 3. The maximum atomic E-state index is 11.8. The molecule has 0 unspecified atom stereocenters. The predicted octanol–water partition coefficient (Wildman–Crippen LogP) is 4.69. The number of hydrogen-bond donors (Lipinski definition) is 3. The van der Waals surface area contributed by atoms with Gasteiger partial charge >= 0.3 is 5.97 Å². The van der Waals surface area contributed by atoms with Gasteiger partial charge in [-0.2, -0.15) is 0 Å². The lowest BCUT2D eigenvalue weighted by Crippen LogP contribution is -2.43. The topological polar surface area (TPSA) is 109 Å². The molecular formula is C22H42N2O4. The zero-order valence-corrected chi connectivity index (χ0v) is 17.6. The quantitative estimate of drug-likeness (QED) is 0.258. The average Bonchev–Trinajstić information content (AvgIpc) is 2.66. The number of rotatable bonds is 20. The number of amides is 2. The van der Waals surface area contributed by atoms with E-state index in [2.05, 4.69) is 5.32 Å². The Morgan fingerprint density at radius 2 is 1.25 bits per heavy atom. The molecule has 6 heteroatoms. The van der Waals surface area contributed by atoms with Crippen molar-refractivity contribution < 1.29 is 20.9 Å². The zero-order chi connectivity index (χ0) is 21.7. The van der Waals surface area contributed by atoms with Gasteiger partial charge in [0.2, 0.25) is 11.8 Å². The van der Waals surface area contributed by atoms with Crippen LogP contribution in [0.5, 0.6) is 0 Å². The third-order valence-electron chi connectivity index (χ3n) is 4.94. The van der Waals surface area contributed by atoms with E-state index in [4.69, 9.17) is 12.2 Å². The van der Waals surface area contributed by atoms with Gasteiger partial charge in [0.1, 0.15) is 6.04 Å². The highest BCUT2D eigenvalue weighted by Crippen LogP contribution is 2.13. The van der Waals surface area contributed by atoms with Gasteiger partial charge in [0.25, 0.3) is 0 Å². The number of nitrogens with one attached hydrogen (secondary N) is 1. The van der Waals surface area contributed by atoms with Crippen molar-refractivity contribution in [1.29, 1.82) is 0 Å². The Bertz CT molecular complexity index is 447. The number of carbonyl (C=O) groups is 3. The third kappa shape index (κ3) is 17.8. The van der Waals surface area contributed by atoms with Crippen LogP contribution in [0, 0.1) is 0 Å². The first-order valence-electron chi connectivity index (χ1n) is 11.8. The highest BCUT2D eigenvalue weighted by Gasteiger charge is 2.21. The van der Waals surface area contributed by atoms with Crippen LogP contribution in [0.15, 0.2) is 0 Å². The van der Waals surface area contributed by atoms with Crippen molar-refractivity contribution in [2.45, 2.75) is 122 Å². The molecule has 0 spiro atoms. The predicted molar refractivity (Wildman–Crippen MR) is 113 cm³/mol. The van der Waals surface area contributed by atoms with Gasteiger partial charge < -0.3 is 16.2 Å². The minimum Gasteiger partial charge on any atom is -0.480 e. The Balaban J connectivity index is 3.39. The molecule has 4 N–H and O–H groups in total.